The average molecular weight is 1290 g/mol. The largest absolute Gasteiger partial charge is 0.467 e. The smallest absolute Gasteiger partial charge is 0.229 e. The quantitative estimate of drug-likeness (QED) is 0.125. The maximum absolute atomic E-state index is 9.91. The number of pyridine rings is 4. The normalized spacial score (nSPS) is 11.2. The summed E-state index contributed by atoms with van der Waals surface area (Å²) in [5.41, 5.74) is 27.8. The minimum Gasteiger partial charge on any atom is -0.467 e. The molecule has 0 aliphatic rings. The van der Waals surface area contributed by atoms with Crippen LogP contribution in [-0.4, -0.2) is 0 Å². The lowest BCUT2D eigenvalue weighted by atomic mass is 9.96. The first-order valence-electron chi connectivity index (χ1n) is 32.9. The molecule has 99 heavy (non-hydrogen) atoms. The molecule has 0 saturated heterocycles. The standard InChI is InChI=1S/C26H19N2O.2C21H17N2O.C20H18NO/c1-17-14-25-22(15-21(17)24-10-6-7-13-28(24)2)20-12-11-19(18-8-4-3-5-9-18)23(16-27)26(20)29-25;1-13-8-9-23(4)19(10-13)16-12-20-17(11-14(16)2)15-6-5-7-18(22-3)21(15)24-20;1-13-7-8-15(12-22)21-20(13)17-11-16(14(2)10-19(17)24-21)18-6-4-5-9-23(18)3;1-13-14(2)20-17(15-8-4-5-10-19(15)22-20)12-16(13)18-9-6-7-11-21(18)3/h3-15H,1-2H3;5-12H,1-2,4H3;4-11H,1-3H3;4-12H,1-3H3/q4*+1. The van der Waals surface area contributed by atoms with E-state index in [-0.39, 0.29) is 0 Å². The number of aromatic nitrogens is 4. The third-order valence-corrected chi connectivity index (χ3v) is 19.2. The lowest BCUT2D eigenvalue weighted by molar-refractivity contribution is -0.660. The molecule has 9 aromatic carbocycles. The van der Waals surface area contributed by atoms with E-state index in [1.54, 1.807) is 6.07 Å². The molecule has 8 aromatic heterocycles. The Kier molecular flexibility index (Phi) is 16.8. The summed E-state index contributed by atoms with van der Waals surface area (Å²) < 4.78 is 32.9. The van der Waals surface area contributed by atoms with Crippen LogP contribution in [0.5, 0.6) is 0 Å². The average Bonchev–Trinajstić information content (AvgIpc) is 1.63. The number of aryl methyl sites for hydroxylation is 10. The summed E-state index contributed by atoms with van der Waals surface area (Å²) in [4.78, 5) is 3.57. The molecule has 11 nitrogen and oxygen atoms in total. The first-order valence-corrected chi connectivity index (χ1v) is 32.9. The topological polar surface area (TPSA) is 120 Å². The fraction of sp³-hybridized carbons (Fsp3) is 0.125. The second-order valence-corrected chi connectivity index (χ2v) is 25.6. The molecule has 0 unspecified atom stereocenters. The van der Waals surface area contributed by atoms with Crippen LogP contribution in [0.4, 0.5) is 5.69 Å². The van der Waals surface area contributed by atoms with Gasteiger partial charge in [-0.25, -0.2) is 23.1 Å². The zero-order valence-electron chi connectivity index (χ0n) is 57.2. The summed E-state index contributed by atoms with van der Waals surface area (Å²) in [7, 11) is 8.23. The molecule has 11 heteroatoms. The number of nitriles is 2. The first-order chi connectivity index (χ1) is 48.0. The van der Waals surface area contributed by atoms with Gasteiger partial charge in [-0.2, -0.15) is 10.5 Å². The van der Waals surface area contributed by atoms with E-state index in [9.17, 15) is 10.5 Å². The van der Waals surface area contributed by atoms with Crippen LogP contribution in [0.2, 0.25) is 0 Å². The van der Waals surface area contributed by atoms with E-state index in [2.05, 4.69) is 206 Å². The number of nitrogens with zero attached hydrogens (tertiary/aromatic N) is 7. The molecule has 0 aliphatic heterocycles. The van der Waals surface area contributed by atoms with Crippen LogP contribution < -0.4 is 18.3 Å². The van der Waals surface area contributed by atoms with E-state index in [0.717, 1.165) is 116 Å². The first kappa shape index (κ1) is 63.6. The molecule has 0 saturated carbocycles. The zero-order valence-corrected chi connectivity index (χ0v) is 57.2. The summed E-state index contributed by atoms with van der Waals surface area (Å²) in [5.74, 6) is 0. The zero-order chi connectivity index (χ0) is 68.9. The summed E-state index contributed by atoms with van der Waals surface area (Å²) in [5, 5.41) is 27.8. The molecule has 0 spiro atoms. The van der Waals surface area contributed by atoms with Gasteiger partial charge < -0.3 is 17.7 Å². The predicted octanol–water partition coefficient (Wildman–Crippen LogP) is 20.4. The van der Waals surface area contributed by atoms with Crippen molar-refractivity contribution in [3.8, 4) is 68.3 Å². The molecular weight excluding hydrogens is 1220 g/mol. The number of rotatable bonds is 5. The molecule has 17 aromatic rings. The van der Waals surface area contributed by atoms with Crippen molar-refractivity contribution in [3.63, 3.8) is 0 Å². The second-order valence-electron chi connectivity index (χ2n) is 25.6. The predicted molar refractivity (Wildman–Crippen MR) is 396 cm³/mol. The molecule has 0 N–H and O–H groups in total. The fourth-order valence-electron chi connectivity index (χ4n) is 13.8. The van der Waals surface area contributed by atoms with Crippen LogP contribution in [0.15, 0.2) is 249 Å². The van der Waals surface area contributed by atoms with E-state index >= 15 is 0 Å². The van der Waals surface area contributed by atoms with E-state index in [1.165, 1.54) is 49.8 Å². The van der Waals surface area contributed by atoms with E-state index in [1.807, 2.05) is 131 Å². The SMILES string of the molecule is Cc1c(-c2cccc[n+]2C)cc2c(oc3ccccc32)c1C.Cc1cc2oc3c(C#N)c(-c4ccccc4)ccc3c2cc1-c1cccc[n+]1C.Cc1cc2oc3c(C#N)ccc(C)c3c2cc1-c1cccc[n+]1C.[C-]#[N+]c1cccc2c1oc1cc(-c3cc(C)cc[n+]3C)c(C)cc12. The van der Waals surface area contributed by atoms with Gasteiger partial charge in [0.2, 0.25) is 28.5 Å². The van der Waals surface area contributed by atoms with Gasteiger partial charge in [0.05, 0.1) is 23.3 Å². The van der Waals surface area contributed by atoms with E-state index < -0.39 is 0 Å². The monoisotopic (exact) mass is 1290 g/mol. The Balaban J connectivity index is 0.000000113. The summed E-state index contributed by atoms with van der Waals surface area (Å²) >= 11 is 0. The number of hydrogen-bond acceptors (Lipinski definition) is 6. The molecule has 0 bridgehead atoms. The van der Waals surface area contributed by atoms with Gasteiger partial charge in [-0.15, -0.1) is 0 Å². The van der Waals surface area contributed by atoms with Crippen molar-refractivity contribution in [2.45, 2.75) is 48.5 Å². The van der Waals surface area contributed by atoms with E-state index in [0.29, 0.717) is 33.6 Å². The summed E-state index contributed by atoms with van der Waals surface area (Å²) in [6.07, 6.45) is 8.25. The summed E-state index contributed by atoms with van der Waals surface area (Å²) in [6.45, 7) is 22.1. The van der Waals surface area contributed by atoms with Crippen LogP contribution in [0.25, 0.3) is 149 Å². The Morgan fingerprint density at radius 3 is 1.53 bits per heavy atom. The van der Waals surface area contributed by atoms with Crippen LogP contribution in [0.1, 0.15) is 50.1 Å². The van der Waals surface area contributed by atoms with Crippen LogP contribution in [0, 0.1) is 77.7 Å². The molecule has 0 fully saturated rings. The molecule has 0 amide bonds. The molecule has 478 valence electrons. The Morgan fingerprint density at radius 2 is 0.869 bits per heavy atom. The van der Waals surface area contributed by atoms with Crippen LogP contribution in [0.3, 0.4) is 0 Å². The van der Waals surface area contributed by atoms with Gasteiger partial charge in [0, 0.05) is 108 Å². The third kappa shape index (κ3) is 11.5. The van der Waals surface area contributed by atoms with Gasteiger partial charge in [-0.3, -0.25) is 0 Å². The van der Waals surface area contributed by atoms with Crippen molar-refractivity contribution in [1.82, 2.24) is 0 Å². The Morgan fingerprint density at radius 1 is 0.343 bits per heavy atom. The van der Waals surface area contributed by atoms with Crippen molar-refractivity contribution in [2.24, 2.45) is 28.2 Å². The number of hydrogen-bond donors (Lipinski definition) is 0. The van der Waals surface area contributed by atoms with Gasteiger partial charge in [-0.05, 0) is 172 Å². The number of para-hydroxylation sites is 2. The third-order valence-electron chi connectivity index (χ3n) is 19.2. The minimum atomic E-state index is 0.559. The Labute approximate surface area is 574 Å². The van der Waals surface area contributed by atoms with Gasteiger partial charge >= 0.3 is 0 Å². The summed E-state index contributed by atoms with van der Waals surface area (Å²) in [6, 6.07) is 74.4. The maximum atomic E-state index is 9.91. The van der Waals surface area contributed by atoms with Gasteiger partial charge in [0.1, 0.15) is 79.4 Å². The molecular formula is C88H71N7O4+4. The number of benzene rings is 9. The lowest BCUT2D eigenvalue weighted by Gasteiger charge is -2.08. The van der Waals surface area contributed by atoms with Crippen molar-refractivity contribution < 1.29 is 35.9 Å². The molecule has 0 aliphatic carbocycles. The highest BCUT2D eigenvalue weighted by molar-refractivity contribution is 6.13. The molecule has 0 radical (unpaired) electrons. The molecule has 17 rings (SSSR count). The van der Waals surface area contributed by atoms with Crippen molar-refractivity contribution in [2.75, 3.05) is 0 Å². The molecule has 8 heterocycles. The highest BCUT2D eigenvalue weighted by atomic mass is 16.3. The van der Waals surface area contributed by atoms with Gasteiger partial charge in [0.15, 0.2) is 36.0 Å². The van der Waals surface area contributed by atoms with Crippen molar-refractivity contribution in [3.05, 3.63) is 293 Å². The lowest BCUT2D eigenvalue weighted by Crippen LogP contribution is -2.30. The second kappa shape index (κ2) is 26.1. The van der Waals surface area contributed by atoms with Gasteiger partial charge in [-0.1, -0.05) is 78.9 Å². The number of fused-ring (bicyclic) bond motifs is 12. The fourth-order valence-corrected chi connectivity index (χ4v) is 13.8. The van der Waals surface area contributed by atoms with Crippen molar-refractivity contribution >= 4 is 93.4 Å². The highest BCUT2D eigenvalue weighted by Crippen LogP contribution is 2.42. The Hall–Kier alpha value is -12.8. The highest BCUT2D eigenvalue weighted by Gasteiger charge is 2.24. The molecule has 0 atom stereocenters. The Bertz CT molecular complexity index is 6240. The van der Waals surface area contributed by atoms with Crippen LogP contribution in [-0.2, 0) is 28.2 Å². The van der Waals surface area contributed by atoms with E-state index in [4.69, 9.17) is 24.2 Å². The minimum absolute atomic E-state index is 0.559. The van der Waals surface area contributed by atoms with Gasteiger partial charge in [0.25, 0.3) is 0 Å². The van der Waals surface area contributed by atoms with Crippen molar-refractivity contribution in [1.29, 1.82) is 10.5 Å². The van der Waals surface area contributed by atoms with Crippen LogP contribution >= 0.6 is 0 Å². The number of furan rings is 4. The maximum Gasteiger partial charge on any atom is 0.229 e.